The molecule has 1 unspecified atom stereocenters. The molecular formula is C12H9F2N3O2. The predicted molar refractivity (Wildman–Crippen MR) is 60.7 cm³/mol. The number of benzene rings is 1. The lowest BCUT2D eigenvalue weighted by Crippen LogP contribution is -2.29. The number of primary amides is 1. The van der Waals surface area contributed by atoms with Crippen LogP contribution in [-0.2, 0) is 9.59 Å². The van der Waals surface area contributed by atoms with Gasteiger partial charge in [-0.25, -0.2) is 8.78 Å². The summed E-state index contributed by atoms with van der Waals surface area (Å²) in [5.74, 6) is -3.70. The van der Waals surface area contributed by atoms with Gasteiger partial charge in [0.15, 0.2) is 0 Å². The second kappa shape index (κ2) is 4.65. The highest BCUT2D eigenvalue weighted by molar-refractivity contribution is 6.00. The summed E-state index contributed by atoms with van der Waals surface area (Å²) >= 11 is 0. The third kappa shape index (κ3) is 2.25. The Morgan fingerprint density at radius 2 is 2.11 bits per heavy atom. The first-order chi connectivity index (χ1) is 8.93. The first-order valence-corrected chi connectivity index (χ1v) is 5.43. The molecule has 0 bridgehead atoms. The maximum atomic E-state index is 13.7. The fraction of sp³-hybridized carbons (Fsp3) is 0.250. The molecular weight excluding hydrogens is 256 g/mol. The van der Waals surface area contributed by atoms with Crippen molar-refractivity contribution in [1.29, 1.82) is 5.26 Å². The van der Waals surface area contributed by atoms with Gasteiger partial charge in [0, 0.05) is 19.0 Å². The van der Waals surface area contributed by atoms with Crippen LogP contribution in [0.5, 0.6) is 0 Å². The van der Waals surface area contributed by atoms with E-state index < -0.39 is 34.9 Å². The number of nitrogens with zero attached hydrogens (tertiary/aromatic N) is 2. The van der Waals surface area contributed by atoms with Gasteiger partial charge in [0.1, 0.15) is 17.7 Å². The fourth-order valence-electron chi connectivity index (χ4n) is 1.96. The minimum atomic E-state index is -0.922. The molecule has 0 spiro atoms. The van der Waals surface area contributed by atoms with E-state index in [9.17, 15) is 18.4 Å². The van der Waals surface area contributed by atoms with Crippen molar-refractivity contribution >= 4 is 17.5 Å². The van der Waals surface area contributed by atoms with Gasteiger partial charge in [0.05, 0.1) is 17.2 Å². The van der Waals surface area contributed by atoms with E-state index in [1.807, 2.05) is 0 Å². The Morgan fingerprint density at radius 1 is 1.42 bits per heavy atom. The first-order valence-electron chi connectivity index (χ1n) is 5.43. The summed E-state index contributed by atoms with van der Waals surface area (Å²) in [4.78, 5) is 23.6. The number of rotatable bonds is 2. The molecule has 1 atom stereocenters. The van der Waals surface area contributed by atoms with Gasteiger partial charge in [-0.3, -0.25) is 9.59 Å². The van der Waals surface area contributed by atoms with Crippen LogP contribution in [0.4, 0.5) is 14.5 Å². The van der Waals surface area contributed by atoms with Gasteiger partial charge in [-0.2, -0.15) is 5.26 Å². The summed E-state index contributed by atoms with van der Waals surface area (Å²) in [5, 5.41) is 8.57. The van der Waals surface area contributed by atoms with Gasteiger partial charge >= 0.3 is 0 Å². The van der Waals surface area contributed by atoms with E-state index >= 15 is 0 Å². The third-order valence-corrected chi connectivity index (χ3v) is 2.98. The molecule has 7 heteroatoms. The summed E-state index contributed by atoms with van der Waals surface area (Å²) in [6.45, 7) is -0.0869. The van der Waals surface area contributed by atoms with Crippen molar-refractivity contribution in [3.8, 4) is 6.07 Å². The number of amides is 2. The van der Waals surface area contributed by atoms with Crippen molar-refractivity contribution in [2.75, 3.05) is 11.4 Å². The van der Waals surface area contributed by atoms with Crippen molar-refractivity contribution in [3.05, 3.63) is 29.3 Å². The number of hydrogen-bond acceptors (Lipinski definition) is 3. The number of carbonyl (C=O) groups is 2. The first kappa shape index (κ1) is 13.0. The van der Waals surface area contributed by atoms with E-state index in [1.165, 1.54) is 6.07 Å². The van der Waals surface area contributed by atoms with E-state index in [0.29, 0.717) is 0 Å². The molecule has 98 valence electrons. The van der Waals surface area contributed by atoms with Gasteiger partial charge < -0.3 is 10.6 Å². The average Bonchev–Trinajstić information content (AvgIpc) is 2.74. The average molecular weight is 265 g/mol. The van der Waals surface area contributed by atoms with Crippen LogP contribution in [-0.4, -0.2) is 18.4 Å². The molecule has 1 aromatic carbocycles. The second-order valence-electron chi connectivity index (χ2n) is 4.20. The number of halogens is 2. The summed E-state index contributed by atoms with van der Waals surface area (Å²) < 4.78 is 27.2. The van der Waals surface area contributed by atoms with Gasteiger partial charge in [-0.05, 0) is 6.07 Å². The molecule has 5 nitrogen and oxygen atoms in total. The van der Waals surface area contributed by atoms with E-state index in [2.05, 4.69) is 0 Å². The highest BCUT2D eigenvalue weighted by Gasteiger charge is 2.35. The van der Waals surface area contributed by atoms with Gasteiger partial charge in [0.25, 0.3) is 0 Å². The third-order valence-electron chi connectivity index (χ3n) is 2.98. The van der Waals surface area contributed by atoms with E-state index in [1.54, 1.807) is 0 Å². The molecule has 0 saturated carbocycles. The molecule has 2 N–H and O–H groups in total. The Hall–Kier alpha value is -2.49. The summed E-state index contributed by atoms with van der Waals surface area (Å²) in [6, 6.07) is 2.99. The summed E-state index contributed by atoms with van der Waals surface area (Å²) in [7, 11) is 0. The largest absolute Gasteiger partial charge is 0.369 e. The summed E-state index contributed by atoms with van der Waals surface area (Å²) in [5.41, 5.74) is 4.35. The second-order valence-corrected chi connectivity index (χ2v) is 4.20. The summed E-state index contributed by atoms with van der Waals surface area (Å²) in [6.07, 6.45) is -0.129. The molecule has 1 aliphatic rings. The molecule has 0 aromatic heterocycles. The van der Waals surface area contributed by atoms with Crippen LogP contribution in [0.25, 0.3) is 0 Å². The minimum Gasteiger partial charge on any atom is -0.369 e. The van der Waals surface area contributed by atoms with Gasteiger partial charge in [-0.15, -0.1) is 0 Å². The van der Waals surface area contributed by atoms with E-state index in [4.69, 9.17) is 11.0 Å². The molecule has 0 radical (unpaired) electrons. The molecule has 2 amide bonds. The number of hydrogen-bond donors (Lipinski definition) is 1. The van der Waals surface area contributed by atoms with Crippen molar-refractivity contribution in [3.63, 3.8) is 0 Å². The quantitative estimate of drug-likeness (QED) is 0.852. The Bertz CT molecular complexity index is 610. The molecule has 1 saturated heterocycles. The zero-order valence-electron chi connectivity index (χ0n) is 9.69. The maximum absolute atomic E-state index is 13.7. The SMILES string of the molecule is N#Cc1cc(F)c(N2CC(C(N)=O)CC2=O)cc1F. The number of nitrogens with two attached hydrogens (primary N) is 1. The van der Waals surface area contributed by atoms with Crippen LogP contribution in [0.1, 0.15) is 12.0 Å². The van der Waals surface area contributed by atoms with Crippen LogP contribution in [0.2, 0.25) is 0 Å². The molecule has 0 aliphatic carbocycles. The Balaban J connectivity index is 2.38. The van der Waals surface area contributed by atoms with Crippen LogP contribution < -0.4 is 10.6 Å². The zero-order valence-corrected chi connectivity index (χ0v) is 9.69. The maximum Gasteiger partial charge on any atom is 0.227 e. The zero-order chi connectivity index (χ0) is 14.2. The van der Waals surface area contributed by atoms with Gasteiger partial charge in [0.2, 0.25) is 11.8 Å². The predicted octanol–water partition coefficient (Wildman–Crippen LogP) is 0.675. The Labute approximate surface area is 107 Å². The van der Waals surface area contributed by atoms with Crippen molar-refractivity contribution in [2.24, 2.45) is 11.7 Å². The number of nitriles is 1. The highest BCUT2D eigenvalue weighted by atomic mass is 19.1. The molecule has 1 fully saturated rings. The molecule has 1 aliphatic heterocycles. The fourth-order valence-corrected chi connectivity index (χ4v) is 1.96. The highest BCUT2D eigenvalue weighted by Crippen LogP contribution is 2.29. The van der Waals surface area contributed by atoms with Crippen molar-refractivity contribution < 1.29 is 18.4 Å². The van der Waals surface area contributed by atoms with E-state index in [-0.39, 0.29) is 18.7 Å². The smallest absolute Gasteiger partial charge is 0.227 e. The lowest BCUT2D eigenvalue weighted by Gasteiger charge is -2.17. The monoisotopic (exact) mass is 265 g/mol. The van der Waals surface area contributed by atoms with Crippen LogP contribution in [0.3, 0.4) is 0 Å². The normalized spacial score (nSPS) is 18.5. The number of anilines is 1. The Kier molecular flexibility index (Phi) is 3.17. The molecule has 1 aromatic rings. The molecule has 1 heterocycles. The standard InChI is InChI=1S/C12H9F2N3O2/c13-8-3-10(9(14)1-6(8)4-15)17-5-7(12(16)19)2-11(17)18/h1,3,7H,2,5H2,(H2,16,19). The van der Waals surface area contributed by atoms with Crippen LogP contribution in [0, 0.1) is 28.9 Å². The lowest BCUT2D eigenvalue weighted by molar-refractivity contribution is -0.123. The minimum absolute atomic E-state index is 0.0869. The van der Waals surface area contributed by atoms with Gasteiger partial charge in [-0.1, -0.05) is 0 Å². The molecule has 2 rings (SSSR count). The van der Waals surface area contributed by atoms with E-state index in [0.717, 1.165) is 17.0 Å². The van der Waals surface area contributed by atoms with Crippen LogP contribution >= 0.6 is 0 Å². The van der Waals surface area contributed by atoms with Crippen LogP contribution in [0.15, 0.2) is 12.1 Å². The molecule has 19 heavy (non-hydrogen) atoms. The van der Waals surface area contributed by atoms with Crippen molar-refractivity contribution in [2.45, 2.75) is 6.42 Å². The number of carbonyl (C=O) groups excluding carboxylic acids is 2. The topological polar surface area (TPSA) is 87.2 Å². The Morgan fingerprint density at radius 3 is 2.63 bits per heavy atom. The lowest BCUT2D eigenvalue weighted by atomic mass is 10.1. The van der Waals surface area contributed by atoms with Crippen molar-refractivity contribution in [1.82, 2.24) is 0 Å².